The van der Waals surface area contributed by atoms with Gasteiger partial charge in [-0.3, -0.25) is 0 Å². The van der Waals surface area contributed by atoms with Gasteiger partial charge in [-0.1, -0.05) is 6.07 Å². The fraction of sp³-hybridized carbons (Fsp3) is 0.250. The van der Waals surface area contributed by atoms with E-state index < -0.39 is 12.1 Å². The van der Waals surface area contributed by atoms with Crippen molar-refractivity contribution in [3.8, 4) is 5.75 Å². The number of esters is 1. The lowest BCUT2D eigenvalue weighted by atomic mass is 10.1. The molecule has 6 nitrogen and oxygen atoms in total. The van der Waals surface area contributed by atoms with Gasteiger partial charge in [0.15, 0.2) is 0 Å². The molecule has 0 aliphatic heterocycles. The normalized spacial score (nSPS) is 10.9. The Balaban J connectivity index is 2.38. The minimum Gasteiger partial charge on any atom is -0.466 e. The van der Waals surface area contributed by atoms with E-state index >= 15 is 0 Å². The van der Waals surface area contributed by atoms with E-state index in [0.29, 0.717) is 12.3 Å². The first-order chi connectivity index (χ1) is 10.6. The number of nitrogens with zero attached hydrogens (tertiary/aromatic N) is 1. The molecule has 2 aromatic rings. The lowest BCUT2D eigenvalue weighted by Gasteiger charge is -2.14. The smallest absolute Gasteiger partial charge is 0.414 e. The van der Waals surface area contributed by atoms with Gasteiger partial charge in [0.2, 0.25) is 0 Å². The summed E-state index contributed by atoms with van der Waals surface area (Å²) in [5, 5.41) is 0.737. The minimum absolute atomic E-state index is 0.431. The highest BCUT2D eigenvalue weighted by Gasteiger charge is 2.14. The highest BCUT2D eigenvalue weighted by molar-refractivity contribution is 5.98. The Morgan fingerprint density at radius 3 is 2.82 bits per heavy atom. The Morgan fingerprint density at radius 2 is 2.14 bits per heavy atom. The van der Waals surface area contributed by atoms with Gasteiger partial charge in [-0.15, -0.1) is 0 Å². The molecule has 0 spiro atoms. The topological polar surface area (TPSA) is 71.6 Å². The number of carbonyl (C=O) groups is 2. The number of H-pyrrole nitrogens is 1. The molecule has 0 aliphatic rings. The quantitative estimate of drug-likeness (QED) is 0.696. The van der Waals surface area contributed by atoms with Crippen LogP contribution in [0.2, 0.25) is 0 Å². The number of ether oxygens (including phenoxy) is 2. The van der Waals surface area contributed by atoms with Crippen LogP contribution in [-0.4, -0.2) is 42.6 Å². The molecule has 1 aromatic carbocycles. The molecule has 6 heteroatoms. The maximum atomic E-state index is 11.9. The molecule has 2 rings (SSSR count). The van der Waals surface area contributed by atoms with Crippen LogP contribution in [0, 0.1) is 0 Å². The molecule has 0 unspecified atom stereocenters. The van der Waals surface area contributed by atoms with E-state index in [1.165, 1.54) is 18.1 Å². The van der Waals surface area contributed by atoms with Crippen LogP contribution in [0.4, 0.5) is 4.79 Å². The van der Waals surface area contributed by atoms with Gasteiger partial charge in [0.1, 0.15) is 5.75 Å². The number of aromatic nitrogens is 1. The second kappa shape index (κ2) is 6.80. The molecule has 0 radical (unpaired) electrons. The Labute approximate surface area is 128 Å². The second-order valence-corrected chi connectivity index (χ2v) is 4.66. The second-order valence-electron chi connectivity index (χ2n) is 4.66. The molecule has 0 atom stereocenters. The Kier molecular flexibility index (Phi) is 4.83. The number of amides is 1. The summed E-state index contributed by atoms with van der Waals surface area (Å²) >= 11 is 0. The monoisotopic (exact) mass is 302 g/mol. The summed E-state index contributed by atoms with van der Waals surface area (Å²) in [4.78, 5) is 27.7. The molecule has 116 valence electrons. The fourth-order valence-corrected chi connectivity index (χ4v) is 1.92. The van der Waals surface area contributed by atoms with Gasteiger partial charge >= 0.3 is 12.1 Å². The molecule has 0 fully saturated rings. The zero-order valence-electron chi connectivity index (χ0n) is 12.8. The van der Waals surface area contributed by atoms with Crippen molar-refractivity contribution in [1.29, 1.82) is 0 Å². The average Bonchev–Trinajstić information content (AvgIpc) is 2.95. The number of carbonyl (C=O) groups excluding carboxylic acids is 2. The standard InChI is InChI=1S/C16H18N2O4/c1-4-18(2)16(20)22-13-7-5-6-12-15(13)11(10-17-12)8-9-14(19)21-3/h5-10,17H,4H2,1-3H3/b9-8+. The van der Waals surface area contributed by atoms with Gasteiger partial charge in [-0.25, -0.2) is 9.59 Å². The van der Waals surface area contributed by atoms with Crippen LogP contribution >= 0.6 is 0 Å². The van der Waals surface area contributed by atoms with Crippen LogP contribution in [0.5, 0.6) is 5.75 Å². The first-order valence-corrected chi connectivity index (χ1v) is 6.86. The highest BCUT2D eigenvalue weighted by Crippen LogP contribution is 2.30. The van der Waals surface area contributed by atoms with E-state index in [0.717, 1.165) is 16.5 Å². The van der Waals surface area contributed by atoms with Crippen molar-refractivity contribution in [2.24, 2.45) is 0 Å². The SMILES string of the molecule is CCN(C)C(=O)Oc1cccc2[nH]cc(/C=C/C(=O)OC)c12. The molecule has 22 heavy (non-hydrogen) atoms. The lowest BCUT2D eigenvalue weighted by Crippen LogP contribution is -2.29. The summed E-state index contributed by atoms with van der Waals surface area (Å²) in [5.74, 6) is -0.0110. The summed E-state index contributed by atoms with van der Waals surface area (Å²) in [6.07, 6.45) is 4.25. The number of fused-ring (bicyclic) bond motifs is 1. The van der Waals surface area contributed by atoms with Crippen molar-refractivity contribution < 1.29 is 19.1 Å². The van der Waals surface area contributed by atoms with Gasteiger partial charge in [0, 0.05) is 42.3 Å². The number of benzene rings is 1. The first kappa shape index (κ1) is 15.6. The molecule has 0 bridgehead atoms. The van der Waals surface area contributed by atoms with Crippen molar-refractivity contribution in [2.45, 2.75) is 6.92 Å². The summed E-state index contributed by atoms with van der Waals surface area (Å²) in [5.41, 5.74) is 1.55. The molecular formula is C16H18N2O4. The van der Waals surface area contributed by atoms with Gasteiger partial charge in [-0.05, 0) is 25.1 Å². The third-order valence-electron chi connectivity index (χ3n) is 3.28. The number of rotatable bonds is 4. The zero-order chi connectivity index (χ0) is 16.1. The van der Waals surface area contributed by atoms with Crippen LogP contribution in [0.25, 0.3) is 17.0 Å². The minimum atomic E-state index is -0.449. The summed E-state index contributed by atoms with van der Waals surface area (Å²) < 4.78 is 10.0. The van der Waals surface area contributed by atoms with Gasteiger partial charge in [0.25, 0.3) is 0 Å². The maximum absolute atomic E-state index is 11.9. The molecule has 0 aliphatic carbocycles. The first-order valence-electron chi connectivity index (χ1n) is 6.86. The van der Waals surface area contributed by atoms with Gasteiger partial charge < -0.3 is 19.4 Å². The lowest BCUT2D eigenvalue weighted by molar-refractivity contribution is -0.134. The van der Waals surface area contributed by atoms with Crippen molar-refractivity contribution in [3.63, 3.8) is 0 Å². The van der Waals surface area contributed by atoms with E-state index in [4.69, 9.17) is 4.74 Å². The van der Waals surface area contributed by atoms with Crippen molar-refractivity contribution in [2.75, 3.05) is 20.7 Å². The average molecular weight is 302 g/mol. The number of hydrogen-bond acceptors (Lipinski definition) is 4. The van der Waals surface area contributed by atoms with Crippen LogP contribution < -0.4 is 4.74 Å². The Morgan fingerprint density at radius 1 is 1.36 bits per heavy atom. The molecule has 1 aromatic heterocycles. The predicted molar refractivity (Wildman–Crippen MR) is 83.7 cm³/mol. The van der Waals surface area contributed by atoms with Crippen LogP contribution in [-0.2, 0) is 9.53 Å². The number of aromatic amines is 1. The molecule has 0 saturated carbocycles. The van der Waals surface area contributed by atoms with E-state index in [2.05, 4.69) is 9.72 Å². The maximum Gasteiger partial charge on any atom is 0.414 e. The van der Waals surface area contributed by atoms with Crippen LogP contribution in [0.15, 0.2) is 30.5 Å². The molecule has 1 N–H and O–H groups in total. The number of methoxy groups -OCH3 is 1. The van der Waals surface area contributed by atoms with E-state index in [-0.39, 0.29) is 0 Å². The van der Waals surface area contributed by atoms with E-state index in [1.54, 1.807) is 31.5 Å². The van der Waals surface area contributed by atoms with Crippen LogP contribution in [0.3, 0.4) is 0 Å². The van der Waals surface area contributed by atoms with Crippen molar-refractivity contribution in [1.82, 2.24) is 9.88 Å². The molecular weight excluding hydrogens is 284 g/mol. The molecule has 1 heterocycles. The van der Waals surface area contributed by atoms with E-state index in [9.17, 15) is 9.59 Å². The third-order valence-corrected chi connectivity index (χ3v) is 3.28. The van der Waals surface area contributed by atoms with Crippen molar-refractivity contribution in [3.05, 3.63) is 36.0 Å². The van der Waals surface area contributed by atoms with Gasteiger partial charge in [0.05, 0.1) is 7.11 Å². The van der Waals surface area contributed by atoms with E-state index in [1.807, 2.05) is 13.0 Å². The summed E-state index contributed by atoms with van der Waals surface area (Å²) in [6.45, 7) is 2.42. The summed E-state index contributed by atoms with van der Waals surface area (Å²) in [6, 6.07) is 5.37. The van der Waals surface area contributed by atoms with Crippen molar-refractivity contribution >= 4 is 29.0 Å². The highest BCUT2D eigenvalue weighted by atomic mass is 16.6. The molecule has 1 amide bonds. The molecule has 0 saturated heterocycles. The van der Waals surface area contributed by atoms with Gasteiger partial charge in [-0.2, -0.15) is 0 Å². The Bertz CT molecular complexity index is 718. The number of hydrogen-bond donors (Lipinski definition) is 1. The zero-order valence-corrected chi connectivity index (χ0v) is 12.8. The number of nitrogens with one attached hydrogen (secondary N) is 1. The summed E-state index contributed by atoms with van der Waals surface area (Å²) in [7, 11) is 2.98. The largest absolute Gasteiger partial charge is 0.466 e. The Hall–Kier alpha value is -2.76. The third kappa shape index (κ3) is 3.28. The van der Waals surface area contributed by atoms with Crippen LogP contribution in [0.1, 0.15) is 12.5 Å². The fourth-order valence-electron chi connectivity index (χ4n) is 1.92. The predicted octanol–water partition coefficient (Wildman–Crippen LogP) is 2.80.